The molecule has 0 bridgehead atoms. The van der Waals surface area contributed by atoms with Gasteiger partial charge >= 0.3 is 5.97 Å². The van der Waals surface area contributed by atoms with Gasteiger partial charge in [0, 0.05) is 41.9 Å². The molecule has 8 nitrogen and oxygen atoms in total. The van der Waals surface area contributed by atoms with Gasteiger partial charge in [-0.1, -0.05) is 33.8 Å². The number of carbonyl (C=O) groups excluding carboxylic acids is 1. The van der Waals surface area contributed by atoms with Gasteiger partial charge in [-0.15, -0.1) is 0 Å². The number of anilines is 1. The fraction of sp³-hybridized carbons (Fsp3) is 0.481. The standard InChI is InChI=1S/C27H34N4O4/c1-5-19-9-8-17-15-31(26(28)24(17)29-19)16-22(32)18-13-20(27(2,3)4)25-21(14-18)30(11-12-35-25)10-6-7-23(33)34/h8-9,13-14,28H,5-7,10-12,15-16H2,1-4H3,(H,33,34). The number of carboxylic acid groups (broad SMARTS) is 1. The maximum absolute atomic E-state index is 13.5. The lowest BCUT2D eigenvalue weighted by Crippen LogP contribution is -2.35. The van der Waals surface area contributed by atoms with Crippen LogP contribution in [0.5, 0.6) is 5.75 Å². The SMILES string of the molecule is CCc1ccc2c(n1)C(=N)N(CC(=O)c1cc3c(c(C(C)(C)C)c1)OCCN3CCCC(=O)O)C2. The second kappa shape index (κ2) is 9.68. The minimum Gasteiger partial charge on any atom is -0.489 e. The molecule has 0 saturated heterocycles. The summed E-state index contributed by atoms with van der Waals surface area (Å²) in [6, 6.07) is 7.77. The molecule has 2 aromatic rings. The van der Waals surface area contributed by atoms with Crippen molar-refractivity contribution in [3.63, 3.8) is 0 Å². The fourth-order valence-corrected chi connectivity index (χ4v) is 4.64. The maximum atomic E-state index is 13.5. The normalized spacial score (nSPS) is 15.0. The second-order valence-electron chi connectivity index (χ2n) is 10.2. The number of ether oxygens (including phenoxy) is 1. The van der Waals surface area contributed by atoms with E-state index in [1.165, 1.54) is 0 Å². The molecule has 2 aliphatic heterocycles. The largest absolute Gasteiger partial charge is 0.489 e. The third-order valence-corrected chi connectivity index (χ3v) is 6.60. The summed E-state index contributed by atoms with van der Waals surface area (Å²) in [6.45, 7) is 10.6. The minimum absolute atomic E-state index is 0.0670. The highest BCUT2D eigenvalue weighted by Crippen LogP contribution is 2.42. The summed E-state index contributed by atoms with van der Waals surface area (Å²) >= 11 is 0. The van der Waals surface area contributed by atoms with Gasteiger partial charge in [-0.2, -0.15) is 0 Å². The number of fused-ring (bicyclic) bond motifs is 2. The van der Waals surface area contributed by atoms with E-state index in [1.807, 2.05) is 31.2 Å². The highest BCUT2D eigenvalue weighted by molar-refractivity contribution is 6.05. The van der Waals surface area contributed by atoms with Crippen LogP contribution in [0.2, 0.25) is 0 Å². The van der Waals surface area contributed by atoms with Crippen LogP contribution in [0.1, 0.15) is 73.4 Å². The number of pyridine rings is 1. The molecule has 0 spiro atoms. The predicted octanol–water partition coefficient (Wildman–Crippen LogP) is 4.03. The monoisotopic (exact) mass is 478 g/mol. The van der Waals surface area contributed by atoms with E-state index in [-0.39, 0.29) is 30.0 Å². The Labute approximate surface area is 206 Å². The lowest BCUT2D eigenvalue weighted by Gasteiger charge is -2.35. The molecule has 35 heavy (non-hydrogen) atoms. The van der Waals surface area contributed by atoms with Crippen LogP contribution in [0.15, 0.2) is 24.3 Å². The fourth-order valence-electron chi connectivity index (χ4n) is 4.64. The molecular formula is C27H34N4O4. The van der Waals surface area contributed by atoms with Crippen molar-refractivity contribution >= 4 is 23.3 Å². The van der Waals surface area contributed by atoms with Crippen molar-refractivity contribution in [1.82, 2.24) is 9.88 Å². The van der Waals surface area contributed by atoms with Crippen molar-refractivity contribution in [2.45, 2.75) is 58.9 Å². The van der Waals surface area contributed by atoms with Gasteiger partial charge in [-0.3, -0.25) is 15.0 Å². The quantitative estimate of drug-likeness (QED) is 0.552. The first-order chi connectivity index (χ1) is 16.6. The molecule has 1 aromatic heterocycles. The Morgan fingerprint density at radius 3 is 2.66 bits per heavy atom. The number of nitrogens with one attached hydrogen (secondary N) is 1. The van der Waals surface area contributed by atoms with Crippen molar-refractivity contribution in [3.05, 3.63) is 52.3 Å². The van der Waals surface area contributed by atoms with Crippen LogP contribution in [0.25, 0.3) is 0 Å². The number of carboxylic acids is 1. The zero-order valence-electron chi connectivity index (χ0n) is 21.0. The van der Waals surface area contributed by atoms with Gasteiger partial charge in [0.2, 0.25) is 0 Å². The molecule has 0 fully saturated rings. The van der Waals surface area contributed by atoms with Crippen molar-refractivity contribution in [1.29, 1.82) is 5.41 Å². The highest BCUT2D eigenvalue weighted by Gasteiger charge is 2.31. The molecule has 2 aliphatic rings. The number of benzene rings is 1. The summed E-state index contributed by atoms with van der Waals surface area (Å²) in [6.07, 6.45) is 1.42. The number of amidine groups is 1. The summed E-state index contributed by atoms with van der Waals surface area (Å²) in [7, 11) is 0. The summed E-state index contributed by atoms with van der Waals surface area (Å²) < 4.78 is 6.07. The number of nitrogens with zero attached hydrogens (tertiary/aromatic N) is 3. The van der Waals surface area contributed by atoms with Gasteiger partial charge in [0.05, 0.1) is 18.8 Å². The van der Waals surface area contributed by atoms with Crippen molar-refractivity contribution in [2.24, 2.45) is 0 Å². The van der Waals surface area contributed by atoms with Crippen LogP contribution in [-0.2, 0) is 23.2 Å². The van der Waals surface area contributed by atoms with E-state index < -0.39 is 5.97 Å². The Balaban J connectivity index is 1.61. The number of carbonyl (C=O) groups is 2. The molecule has 0 unspecified atom stereocenters. The van der Waals surface area contributed by atoms with Crippen molar-refractivity contribution in [3.8, 4) is 5.75 Å². The Bertz CT molecular complexity index is 1170. The number of ketones is 1. The van der Waals surface area contributed by atoms with Crippen LogP contribution in [-0.4, -0.2) is 58.8 Å². The Morgan fingerprint density at radius 1 is 1.20 bits per heavy atom. The van der Waals surface area contributed by atoms with Gasteiger partial charge in [-0.05, 0) is 36.5 Å². The molecule has 1 aromatic carbocycles. The van der Waals surface area contributed by atoms with Gasteiger partial charge in [0.1, 0.15) is 23.9 Å². The van der Waals surface area contributed by atoms with E-state index >= 15 is 0 Å². The molecule has 2 N–H and O–H groups in total. The van der Waals surface area contributed by atoms with Gasteiger partial charge in [-0.25, -0.2) is 4.98 Å². The number of aryl methyl sites for hydroxylation is 1. The Kier molecular flexibility index (Phi) is 6.83. The van der Waals surface area contributed by atoms with Gasteiger partial charge in [0.15, 0.2) is 5.78 Å². The first-order valence-corrected chi connectivity index (χ1v) is 12.2. The van der Waals surface area contributed by atoms with E-state index in [0.29, 0.717) is 43.9 Å². The molecule has 0 saturated carbocycles. The lowest BCUT2D eigenvalue weighted by atomic mass is 9.84. The first-order valence-electron chi connectivity index (χ1n) is 12.2. The molecule has 0 radical (unpaired) electrons. The zero-order valence-corrected chi connectivity index (χ0v) is 21.0. The van der Waals surface area contributed by atoms with Crippen LogP contribution < -0.4 is 9.64 Å². The lowest BCUT2D eigenvalue weighted by molar-refractivity contribution is -0.137. The number of rotatable bonds is 8. The van der Waals surface area contributed by atoms with Crippen molar-refractivity contribution in [2.75, 3.05) is 31.1 Å². The molecule has 8 heteroatoms. The van der Waals surface area contributed by atoms with E-state index in [4.69, 9.17) is 15.3 Å². The van der Waals surface area contributed by atoms with Gasteiger partial charge in [0.25, 0.3) is 0 Å². The molecule has 0 atom stereocenters. The van der Waals surface area contributed by atoms with Crippen molar-refractivity contribution < 1.29 is 19.4 Å². The Hall–Kier alpha value is -3.42. The molecule has 0 aliphatic carbocycles. The topological polar surface area (TPSA) is 107 Å². The summed E-state index contributed by atoms with van der Waals surface area (Å²) in [5.74, 6) is 0.180. The van der Waals surface area contributed by atoms with Crippen LogP contribution >= 0.6 is 0 Å². The van der Waals surface area contributed by atoms with E-state index in [2.05, 4.69) is 30.7 Å². The van der Waals surface area contributed by atoms with Gasteiger partial charge < -0.3 is 19.6 Å². The molecular weight excluding hydrogens is 444 g/mol. The number of aromatic nitrogens is 1. The smallest absolute Gasteiger partial charge is 0.303 e. The number of hydrogen-bond donors (Lipinski definition) is 2. The third kappa shape index (κ3) is 5.16. The maximum Gasteiger partial charge on any atom is 0.303 e. The predicted molar refractivity (Wildman–Crippen MR) is 135 cm³/mol. The van der Waals surface area contributed by atoms with E-state index in [1.54, 1.807) is 4.90 Å². The molecule has 3 heterocycles. The molecule has 186 valence electrons. The second-order valence-corrected chi connectivity index (χ2v) is 10.2. The summed E-state index contributed by atoms with van der Waals surface area (Å²) in [5, 5.41) is 17.6. The van der Waals surface area contributed by atoms with Crippen LogP contribution in [0.4, 0.5) is 5.69 Å². The Morgan fingerprint density at radius 2 is 1.97 bits per heavy atom. The van der Waals surface area contributed by atoms with Crippen LogP contribution in [0, 0.1) is 5.41 Å². The minimum atomic E-state index is -0.813. The number of hydrogen-bond acceptors (Lipinski definition) is 6. The highest BCUT2D eigenvalue weighted by atomic mass is 16.5. The van der Waals surface area contributed by atoms with E-state index in [0.717, 1.165) is 34.7 Å². The molecule has 0 amide bonds. The number of Topliss-reactive ketones (excluding diaryl/α,β-unsaturated/α-hetero) is 1. The first kappa shape index (κ1) is 24.7. The third-order valence-electron chi connectivity index (χ3n) is 6.60. The zero-order chi connectivity index (χ0) is 25.3. The van der Waals surface area contributed by atoms with E-state index in [9.17, 15) is 9.59 Å². The summed E-state index contributed by atoms with van der Waals surface area (Å²) in [5.41, 5.74) is 4.70. The average Bonchev–Trinajstić information content (AvgIpc) is 3.12. The number of aliphatic carboxylic acids is 1. The summed E-state index contributed by atoms with van der Waals surface area (Å²) in [4.78, 5) is 33.0. The average molecular weight is 479 g/mol. The molecule has 4 rings (SSSR count). The van der Waals surface area contributed by atoms with Crippen LogP contribution in [0.3, 0.4) is 0 Å².